The molecule has 0 aromatic heterocycles. The maximum Gasteiger partial charge on any atom is 0.257 e. The van der Waals surface area contributed by atoms with Gasteiger partial charge in [-0.05, 0) is 53.0 Å². The standard InChI is InChI=1S/C25H26N2O2S/c1-25(2,3)20-15-13-19(14-16-20)23(28)27-24(30)26-21-11-7-8-12-22(21)29-17-18-9-5-4-6-10-18/h4-16H,17H2,1-3H3,(H2,26,27,28,30). The van der Waals surface area contributed by atoms with Crippen molar-refractivity contribution in [2.45, 2.75) is 32.8 Å². The molecule has 0 unspecified atom stereocenters. The zero-order valence-corrected chi connectivity index (χ0v) is 18.3. The zero-order valence-electron chi connectivity index (χ0n) is 17.4. The summed E-state index contributed by atoms with van der Waals surface area (Å²) in [6.07, 6.45) is 0. The van der Waals surface area contributed by atoms with Gasteiger partial charge < -0.3 is 10.1 Å². The van der Waals surface area contributed by atoms with Crippen molar-refractivity contribution in [1.29, 1.82) is 0 Å². The molecule has 0 spiro atoms. The van der Waals surface area contributed by atoms with E-state index in [2.05, 4.69) is 31.4 Å². The summed E-state index contributed by atoms with van der Waals surface area (Å²) in [5.74, 6) is 0.406. The first kappa shape index (κ1) is 21.5. The summed E-state index contributed by atoms with van der Waals surface area (Å²) in [4.78, 5) is 12.5. The molecule has 3 aromatic carbocycles. The number of hydrogen-bond acceptors (Lipinski definition) is 3. The van der Waals surface area contributed by atoms with Gasteiger partial charge in [-0.15, -0.1) is 0 Å². The molecule has 0 saturated carbocycles. The van der Waals surface area contributed by atoms with Gasteiger partial charge in [0.1, 0.15) is 12.4 Å². The molecule has 30 heavy (non-hydrogen) atoms. The van der Waals surface area contributed by atoms with Crippen LogP contribution in [0.15, 0.2) is 78.9 Å². The predicted octanol–water partition coefficient (Wildman–Crippen LogP) is 5.69. The number of nitrogens with one attached hydrogen (secondary N) is 2. The number of anilines is 1. The fourth-order valence-corrected chi connectivity index (χ4v) is 3.08. The third kappa shape index (κ3) is 5.91. The van der Waals surface area contributed by atoms with Crippen molar-refractivity contribution >= 4 is 28.9 Å². The highest BCUT2D eigenvalue weighted by Gasteiger charge is 2.15. The minimum Gasteiger partial charge on any atom is -0.487 e. The Kier molecular flexibility index (Phi) is 6.85. The maximum atomic E-state index is 12.5. The van der Waals surface area contributed by atoms with Crippen molar-refractivity contribution < 1.29 is 9.53 Å². The molecule has 0 fully saturated rings. The van der Waals surface area contributed by atoms with Gasteiger partial charge in [0.05, 0.1) is 5.69 Å². The van der Waals surface area contributed by atoms with Crippen LogP contribution in [0.3, 0.4) is 0 Å². The van der Waals surface area contributed by atoms with Crippen LogP contribution in [-0.2, 0) is 12.0 Å². The first-order valence-corrected chi connectivity index (χ1v) is 10.2. The van der Waals surface area contributed by atoms with Gasteiger partial charge in [-0.3, -0.25) is 10.1 Å². The number of carbonyl (C=O) groups excluding carboxylic acids is 1. The number of hydrogen-bond donors (Lipinski definition) is 2. The Balaban J connectivity index is 1.61. The summed E-state index contributed by atoms with van der Waals surface area (Å²) < 4.78 is 5.92. The van der Waals surface area contributed by atoms with Gasteiger partial charge >= 0.3 is 0 Å². The fraction of sp³-hybridized carbons (Fsp3) is 0.200. The lowest BCUT2D eigenvalue weighted by Gasteiger charge is -2.19. The van der Waals surface area contributed by atoms with Gasteiger partial charge in [0.25, 0.3) is 5.91 Å². The van der Waals surface area contributed by atoms with Crippen LogP contribution in [-0.4, -0.2) is 11.0 Å². The van der Waals surface area contributed by atoms with Crippen LogP contribution in [0.2, 0.25) is 0 Å². The lowest BCUT2D eigenvalue weighted by molar-refractivity contribution is 0.0977. The summed E-state index contributed by atoms with van der Waals surface area (Å²) in [6, 6.07) is 25.0. The third-order valence-electron chi connectivity index (χ3n) is 4.61. The SMILES string of the molecule is CC(C)(C)c1ccc(C(=O)NC(=S)Nc2ccccc2OCc2ccccc2)cc1. The second kappa shape index (κ2) is 9.55. The molecule has 3 rings (SSSR count). The smallest absolute Gasteiger partial charge is 0.257 e. The Hall–Kier alpha value is -3.18. The summed E-state index contributed by atoms with van der Waals surface area (Å²) in [7, 11) is 0. The maximum absolute atomic E-state index is 12.5. The molecule has 0 heterocycles. The highest BCUT2D eigenvalue weighted by molar-refractivity contribution is 7.80. The van der Waals surface area contributed by atoms with Gasteiger partial charge in [0.2, 0.25) is 0 Å². The number of thiocarbonyl (C=S) groups is 1. The van der Waals surface area contributed by atoms with Crippen LogP contribution in [0, 0.1) is 0 Å². The van der Waals surface area contributed by atoms with E-state index in [1.54, 1.807) is 0 Å². The minimum atomic E-state index is -0.254. The number of carbonyl (C=O) groups is 1. The lowest BCUT2D eigenvalue weighted by atomic mass is 9.87. The van der Waals surface area contributed by atoms with Crippen LogP contribution in [0.5, 0.6) is 5.75 Å². The first-order chi connectivity index (χ1) is 14.3. The molecular formula is C25H26N2O2S. The van der Waals surface area contributed by atoms with Crippen molar-refractivity contribution in [2.24, 2.45) is 0 Å². The largest absolute Gasteiger partial charge is 0.487 e. The molecule has 0 aliphatic rings. The molecule has 0 radical (unpaired) electrons. The number of rotatable bonds is 5. The second-order valence-electron chi connectivity index (χ2n) is 8.01. The summed E-state index contributed by atoms with van der Waals surface area (Å²) in [6.45, 7) is 6.86. The Bertz CT molecular complexity index is 1010. The van der Waals surface area contributed by atoms with E-state index in [9.17, 15) is 4.79 Å². The third-order valence-corrected chi connectivity index (χ3v) is 4.82. The van der Waals surface area contributed by atoms with Crippen LogP contribution < -0.4 is 15.4 Å². The average molecular weight is 419 g/mol. The molecule has 5 heteroatoms. The topological polar surface area (TPSA) is 50.4 Å². The van der Waals surface area contributed by atoms with Crippen molar-refractivity contribution in [2.75, 3.05) is 5.32 Å². The average Bonchev–Trinajstić information content (AvgIpc) is 2.73. The van der Waals surface area contributed by atoms with Crippen molar-refractivity contribution in [1.82, 2.24) is 5.32 Å². The van der Waals surface area contributed by atoms with E-state index in [0.717, 1.165) is 5.56 Å². The van der Waals surface area contributed by atoms with Crippen molar-refractivity contribution in [3.8, 4) is 5.75 Å². The van der Waals surface area contributed by atoms with Gasteiger partial charge in [-0.2, -0.15) is 0 Å². The monoisotopic (exact) mass is 418 g/mol. The molecule has 0 aliphatic carbocycles. The lowest BCUT2D eigenvalue weighted by Crippen LogP contribution is -2.34. The van der Waals surface area contributed by atoms with Crippen LogP contribution in [0.4, 0.5) is 5.69 Å². The number of amides is 1. The molecule has 0 atom stereocenters. The van der Waals surface area contributed by atoms with Gasteiger partial charge in [-0.25, -0.2) is 0 Å². The van der Waals surface area contributed by atoms with E-state index in [0.29, 0.717) is 23.6 Å². The van der Waals surface area contributed by atoms with E-state index in [4.69, 9.17) is 17.0 Å². The summed E-state index contributed by atoms with van der Waals surface area (Å²) in [5.41, 5.74) is 3.53. The Morgan fingerprint density at radius 1 is 0.900 bits per heavy atom. The zero-order chi connectivity index (χ0) is 21.6. The summed E-state index contributed by atoms with van der Waals surface area (Å²) in [5, 5.41) is 6.01. The molecule has 0 bridgehead atoms. The van der Waals surface area contributed by atoms with E-state index in [-0.39, 0.29) is 16.4 Å². The quantitative estimate of drug-likeness (QED) is 0.523. The highest BCUT2D eigenvalue weighted by atomic mass is 32.1. The number of para-hydroxylation sites is 2. The Morgan fingerprint density at radius 3 is 2.20 bits per heavy atom. The number of benzene rings is 3. The van der Waals surface area contributed by atoms with Gasteiger partial charge in [-0.1, -0.05) is 75.4 Å². The van der Waals surface area contributed by atoms with Crippen LogP contribution >= 0.6 is 12.2 Å². The van der Waals surface area contributed by atoms with Gasteiger partial charge in [0, 0.05) is 5.56 Å². The highest BCUT2D eigenvalue weighted by Crippen LogP contribution is 2.25. The van der Waals surface area contributed by atoms with Crippen molar-refractivity contribution in [3.63, 3.8) is 0 Å². The fourth-order valence-electron chi connectivity index (χ4n) is 2.88. The molecule has 3 aromatic rings. The van der Waals surface area contributed by atoms with E-state index < -0.39 is 0 Å². The molecule has 1 amide bonds. The van der Waals surface area contributed by atoms with Gasteiger partial charge in [0.15, 0.2) is 5.11 Å². The minimum absolute atomic E-state index is 0.0370. The van der Waals surface area contributed by atoms with Crippen molar-refractivity contribution in [3.05, 3.63) is 95.6 Å². The molecule has 2 N–H and O–H groups in total. The number of ether oxygens (including phenoxy) is 1. The molecular weight excluding hydrogens is 392 g/mol. The van der Waals surface area contributed by atoms with E-state index >= 15 is 0 Å². The van der Waals surface area contributed by atoms with E-state index in [1.807, 2.05) is 78.9 Å². The second-order valence-corrected chi connectivity index (χ2v) is 8.41. The molecule has 4 nitrogen and oxygen atoms in total. The molecule has 0 saturated heterocycles. The summed E-state index contributed by atoms with van der Waals surface area (Å²) >= 11 is 5.34. The first-order valence-electron chi connectivity index (χ1n) is 9.81. The van der Waals surface area contributed by atoms with Crippen LogP contribution in [0.1, 0.15) is 42.3 Å². The Morgan fingerprint density at radius 2 is 1.53 bits per heavy atom. The Labute approximate surface area is 183 Å². The van der Waals surface area contributed by atoms with Crippen LogP contribution in [0.25, 0.3) is 0 Å². The molecule has 0 aliphatic heterocycles. The van der Waals surface area contributed by atoms with E-state index in [1.165, 1.54) is 5.56 Å². The predicted molar refractivity (Wildman–Crippen MR) is 126 cm³/mol. The molecule has 154 valence electrons. The normalized spacial score (nSPS) is 10.9.